The number of fused-ring (bicyclic) bond motifs is 1. The van der Waals surface area contributed by atoms with Gasteiger partial charge in [0.25, 0.3) is 0 Å². The molecule has 0 spiro atoms. The number of carbonyl (C=O) groups excluding carboxylic acids is 1. The second-order valence-electron chi connectivity index (χ2n) is 11.0. The molecular weight excluding hydrogens is 454 g/mol. The summed E-state index contributed by atoms with van der Waals surface area (Å²) in [6, 6.07) is -0.217. The fourth-order valence-electron chi connectivity index (χ4n) is 5.15. The van der Waals surface area contributed by atoms with Crippen LogP contribution in [0.2, 0.25) is 0 Å². The van der Waals surface area contributed by atoms with Crippen LogP contribution in [0.15, 0.2) is 5.11 Å². The van der Waals surface area contributed by atoms with E-state index in [1.807, 2.05) is 34.6 Å². The van der Waals surface area contributed by atoms with Crippen LogP contribution in [-0.2, 0) is 33.2 Å². The third kappa shape index (κ3) is 6.67. The van der Waals surface area contributed by atoms with Gasteiger partial charge in [-0.1, -0.05) is 46.2 Å². The van der Waals surface area contributed by atoms with E-state index in [0.29, 0.717) is 19.6 Å². The van der Waals surface area contributed by atoms with E-state index in [4.69, 9.17) is 34.0 Å². The van der Waals surface area contributed by atoms with Gasteiger partial charge in [0, 0.05) is 17.3 Å². The number of hydrogen-bond acceptors (Lipinski definition) is 8. The smallest absolute Gasteiger partial charge is 0.306 e. The van der Waals surface area contributed by atoms with Crippen molar-refractivity contribution in [1.29, 1.82) is 0 Å². The van der Waals surface area contributed by atoms with Gasteiger partial charge in [-0.3, -0.25) is 4.79 Å². The molecule has 3 aliphatic rings. The molecule has 35 heavy (non-hydrogen) atoms. The van der Waals surface area contributed by atoms with Crippen molar-refractivity contribution < 1.29 is 33.2 Å². The number of nitrogens with zero attached hydrogens (tertiary/aromatic N) is 3. The predicted octanol–water partition coefficient (Wildman–Crippen LogP) is 4.60. The molecule has 0 aromatic carbocycles. The highest BCUT2D eigenvalue weighted by molar-refractivity contribution is 5.70. The molecule has 3 fully saturated rings. The van der Waals surface area contributed by atoms with E-state index in [0.717, 1.165) is 6.42 Å². The Kier molecular flexibility index (Phi) is 9.45. The predicted molar refractivity (Wildman–Crippen MR) is 128 cm³/mol. The second-order valence-corrected chi connectivity index (χ2v) is 11.0. The average molecular weight is 498 g/mol. The monoisotopic (exact) mass is 497 g/mol. The van der Waals surface area contributed by atoms with E-state index in [-0.39, 0.29) is 47.9 Å². The minimum Gasteiger partial charge on any atom is -0.459 e. The van der Waals surface area contributed by atoms with Crippen LogP contribution in [0.1, 0.15) is 68.2 Å². The SMILES string of the molecule is CC[C@@H](C)CC(=O)O[C@@H]1C(C)[C@H](OCC2O[C@@H](C)C(N=[N+]=[N-])[C@@H](C)[C@@H]2C)OC2COC(C)(C)O[C@H]21. The van der Waals surface area contributed by atoms with Crippen LogP contribution in [-0.4, -0.2) is 67.8 Å². The Morgan fingerprint density at radius 3 is 2.54 bits per heavy atom. The van der Waals surface area contributed by atoms with Gasteiger partial charge in [0.1, 0.15) is 18.3 Å². The third-order valence-electron chi connectivity index (χ3n) is 7.88. The van der Waals surface area contributed by atoms with Gasteiger partial charge in [-0.25, -0.2) is 0 Å². The molecule has 0 N–H and O–H groups in total. The van der Waals surface area contributed by atoms with E-state index in [2.05, 4.69) is 30.8 Å². The Balaban J connectivity index is 1.70. The van der Waals surface area contributed by atoms with Gasteiger partial charge in [0.2, 0.25) is 0 Å². The van der Waals surface area contributed by atoms with Crippen LogP contribution in [0.25, 0.3) is 10.4 Å². The Hall–Kier alpha value is -1.42. The van der Waals surface area contributed by atoms with Crippen LogP contribution in [0, 0.1) is 23.7 Å². The van der Waals surface area contributed by atoms with Crippen molar-refractivity contribution in [3.63, 3.8) is 0 Å². The lowest BCUT2D eigenvalue weighted by Gasteiger charge is -2.50. The van der Waals surface area contributed by atoms with E-state index in [1.54, 1.807) is 0 Å². The van der Waals surface area contributed by atoms with Gasteiger partial charge in [0.15, 0.2) is 12.1 Å². The Morgan fingerprint density at radius 1 is 1.17 bits per heavy atom. The molecule has 0 radical (unpaired) electrons. The minimum absolute atomic E-state index is 0.125. The van der Waals surface area contributed by atoms with Crippen molar-refractivity contribution in [2.45, 2.75) is 117 Å². The fourth-order valence-corrected chi connectivity index (χ4v) is 5.15. The maximum Gasteiger partial charge on any atom is 0.306 e. The van der Waals surface area contributed by atoms with Gasteiger partial charge in [-0.2, -0.15) is 0 Å². The summed E-state index contributed by atoms with van der Waals surface area (Å²) < 4.78 is 36.7. The Labute approximate surface area is 208 Å². The molecule has 200 valence electrons. The van der Waals surface area contributed by atoms with Crippen molar-refractivity contribution in [2.24, 2.45) is 28.8 Å². The summed E-state index contributed by atoms with van der Waals surface area (Å²) in [5, 5.41) is 3.93. The summed E-state index contributed by atoms with van der Waals surface area (Å²) >= 11 is 0. The molecule has 0 aliphatic carbocycles. The first kappa shape index (κ1) is 28.2. The molecule has 0 saturated carbocycles. The van der Waals surface area contributed by atoms with Gasteiger partial charge in [-0.05, 0) is 44.1 Å². The highest BCUT2D eigenvalue weighted by Gasteiger charge is 2.52. The molecule has 0 amide bonds. The van der Waals surface area contributed by atoms with Crippen molar-refractivity contribution in [2.75, 3.05) is 13.2 Å². The zero-order chi connectivity index (χ0) is 25.9. The van der Waals surface area contributed by atoms with Gasteiger partial charge in [0.05, 0.1) is 31.5 Å². The summed E-state index contributed by atoms with van der Waals surface area (Å²) in [6.45, 7) is 16.5. The Bertz CT molecular complexity index is 774. The third-order valence-corrected chi connectivity index (χ3v) is 7.88. The van der Waals surface area contributed by atoms with E-state index >= 15 is 0 Å². The highest BCUT2D eigenvalue weighted by atomic mass is 16.8. The average Bonchev–Trinajstić information content (AvgIpc) is 2.80. The summed E-state index contributed by atoms with van der Waals surface area (Å²) in [5.41, 5.74) is 8.89. The van der Waals surface area contributed by atoms with Crippen molar-refractivity contribution in [3.05, 3.63) is 10.4 Å². The van der Waals surface area contributed by atoms with Gasteiger partial charge >= 0.3 is 5.97 Å². The molecule has 3 aliphatic heterocycles. The zero-order valence-corrected chi connectivity index (χ0v) is 22.4. The van der Waals surface area contributed by atoms with Crippen LogP contribution < -0.4 is 0 Å². The van der Waals surface area contributed by atoms with Crippen molar-refractivity contribution >= 4 is 5.97 Å². The van der Waals surface area contributed by atoms with Gasteiger partial charge in [-0.15, -0.1) is 0 Å². The molecule has 3 saturated heterocycles. The summed E-state index contributed by atoms with van der Waals surface area (Å²) in [6.07, 6.45) is -1.10. The summed E-state index contributed by atoms with van der Waals surface area (Å²) in [7, 11) is 0. The molecule has 3 heterocycles. The lowest BCUT2D eigenvalue weighted by Crippen LogP contribution is -2.63. The number of esters is 1. The second kappa shape index (κ2) is 11.8. The van der Waals surface area contributed by atoms with Crippen molar-refractivity contribution in [3.8, 4) is 0 Å². The lowest BCUT2D eigenvalue weighted by atomic mass is 9.80. The minimum atomic E-state index is -0.792. The van der Waals surface area contributed by atoms with E-state index < -0.39 is 30.4 Å². The molecule has 0 aromatic rings. The Morgan fingerprint density at radius 2 is 1.89 bits per heavy atom. The lowest BCUT2D eigenvalue weighted by molar-refractivity contribution is -0.377. The molecule has 10 heteroatoms. The summed E-state index contributed by atoms with van der Waals surface area (Å²) in [5.74, 6) is -0.765. The maximum absolute atomic E-state index is 12.7. The number of hydrogen-bond donors (Lipinski definition) is 0. The first-order chi connectivity index (χ1) is 16.5. The molecule has 11 atom stereocenters. The van der Waals surface area contributed by atoms with E-state index in [1.165, 1.54) is 0 Å². The number of azide groups is 1. The van der Waals surface area contributed by atoms with E-state index in [9.17, 15) is 4.79 Å². The first-order valence-electron chi connectivity index (χ1n) is 12.9. The maximum atomic E-state index is 12.7. The number of carbonyl (C=O) groups is 1. The fraction of sp³-hybridized carbons (Fsp3) is 0.960. The van der Waals surface area contributed by atoms with Crippen LogP contribution >= 0.6 is 0 Å². The van der Waals surface area contributed by atoms with Crippen LogP contribution in [0.4, 0.5) is 0 Å². The molecular formula is C25H43N3O7. The number of rotatable bonds is 8. The quantitative estimate of drug-likeness (QED) is 0.208. The topological polar surface area (TPSA) is 121 Å². The molecule has 0 bridgehead atoms. The van der Waals surface area contributed by atoms with Gasteiger partial charge < -0.3 is 28.4 Å². The molecule has 4 unspecified atom stereocenters. The molecule has 0 aromatic heterocycles. The van der Waals surface area contributed by atoms with Crippen LogP contribution in [0.5, 0.6) is 0 Å². The highest BCUT2D eigenvalue weighted by Crippen LogP contribution is 2.38. The zero-order valence-electron chi connectivity index (χ0n) is 22.4. The summed E-state index contributed by atoms with van der Waals surface area (Å²) in [4.78, 5) is 15.7. The largest absolute Gasteiger partial charge is 0.459 e. The number of ether oxygens (including phenoxy) is 6. The first-order valence-corrected chi connectivity index (χ1v) is 12.9. The molecule has 3 rings (SSSR count). The van der Waals surface area contributed by atoms with Crippen molar-refractivity contribution in [1.82, 2.24) is 0 Å². The van der Waals surface area contributed by atoms with Crippen LogP contribution in [0.3, 0.4) is 0 Å². The molecule has 10 nitrogen and oxygen atoms in total. The normalized spacial score (nSPS) is 41.8. The standard InChI is InChI=1S/C25H43N3O7/c1-9-13(2)10-20(29)34-22-16(5)24(33-19-12-31-25(7,8)35-23(19)22)30-11-18-14(3)15(4)21(27-28-26)17(6)32-18/h13-19,21-24H,9-12H2,1-8H3/t13-,14+,15+,16?,17+,18?,19?,21?,22-,23-,24-/m1/s1.